The number of halogens is 4. The van der Waals surface area contributed by atoms with E-state index in [1.54, 1.807) is 57.7 Å². The Hall–Kier alpha value is -8.06. The van der Waals surface area contributed by atoms with E-state index in [0.717, 1.165) is 0 Å². The Bertz CT molecular complexity index is 3510. The van der Waals surface area contributed by atoms with Gasteiger partial charge >= 0.3 is 11.4 Å². The molecule has 0 spiro atoms. The first-order chi connectivity index (χ1) is 29.1. The highest BCUT2D eigenvalue weighted by molar-refractivity contribution is 6.31. The van der Waals surface area contributed by atoms with Crippen molar-refractivity contribution in [3.63, 3.8) is 0 Å². The highest BCUT2D eigenvalue weighted by atomic mass is 35.5. The lowest BCUT2D eigenvalue weighted by Crippen LogP contribution is -2.19. The van der Waals surface area contributed by atoms with Gasteiger partial charge in [0.15, 0.2) is 11.3 Å². The van der Waals surface area contributed by atoms with Crippen LogP contribution in [0.1, 0.15) is 22.3 Å². The monoisotopic (exact) mass is 838 g/mol. The van der Waals surface area contributed by atoms with Gasteiger partial charge in [0.25, 0.3) is 0 Å². The Balaban J connectivity index is 0.000000154. The van der Waals surface area contributed by atoms with Gasteiger partial charge in [-0.1, -0.05) is 35.3 Å². The molecule has 2 N–H and O–H groups in total. The number of nitrogens with zero attached hydrogens (tertiary/aromatic N) is 12. The van der Waals surface area contributed by atoms with Crippen LogP contribution in [0.5, 0.6) is 0 Å². The molecule has 60 heavy (non-hydrogen) atoms. The van der Waals surface area contributed by atoms with E-state index in [-0.39, 0.29) is 46.2 Å². The lowest BCUT2D eigenvalue weighted by molar-refractivity contribution is 0.598. The number of hydrogen-bond donors (Lipinski definition) is 2. The highest BCUT2D eigenvalue weighted by Crippen LogP contribution is 2.24. The summed E-state index contributed by atoms with van der Waals surface area (Å²) < 4.78 is 34.3. The number of nitriles is 2. The van der Waals surface area contributed by atoms with Crippen molar-refractivity contribution in [2.45, 2.75) is 13.1 Å². The molecular formula is C40H22Cl2F2N14O2. The largest absolute Gasteiger partial charge is 0.328 e. The van der Waals surface area contributed by atoms with Crippen LogP contribution in [0.25, 0.3) is 56.3 Å². The van der Waals surface area contributed by atoms with Crippen LogP contribution >= 0.6 is 23.2 Å². The molecule has 0 aliphatic heterocycles. The minimum absolute atomic E-state index is 0.0863. The standard InChI is InChI=1S/2C20H11ClFN7O/c21-13-2-1-3-14(22)12(13)9-28-18-16(26-20(28)30)8-24-19(27-18)29-10-25-15-6-11(7-23)4-5-17(15)29;21-13-2-1-3-14(22)12(13)9-28-18-16(26-20(28)30)8-24-19(27-18)29-10-25-15-5-4-11(7-23)6-17(15)29/h2*1-6,8,10H,9H2,(H,26,30). The van der Waals surface area contributed by atoms with E-state index in [1.165, 1.54) is 58.4 Å². The van der Waals surface area contributed by atoms with Crippen molar-refractivity contribution in [3.8, 4) is 24.0 Å². The number of H-pyrrole nitrogens is 2. The molecule has 6 aromatic heterocycles. The number of nitrogens with one attached hydrogen (secondary N) is 2. The van der Waals surface area contributed by atoms with Crippen molar-refractivity contribution >= 4 is 67.6 Å². The molecule has 10 aromatic rings. The van der Waals surface area contributed by atoms with E-state index < -0.39 is 23.0 Å². The summed E-state index contributed by atoms with van der Waals surface area (Å²) in [6.07, 6.45) is 6.03. The lowest BCUT2D eigenvalue weighted by atomic mass is 10.2. The molecule has 4 aromatic carbocycles. The summed E-state index contributed by atoms with van der Waals surface area (Å²) in [4.78, 5) is 56.5. The van der Waals surface area contributed by atoms with Gasteiger partial charge in [-0.25, -0.2) is 38.3 Å². The van der Waals surface area contributed by atoms with Crippen LogP contribution in [-0.4, -0.2) is 58.1 Å². The Morgan fingerprint density at radius 3 is 1.65 bits per heavy atom. The maximum atomic E-state index is 14.2. The van der Waals surface area contributed by atoms with Crippen molar-refractivity contribution in [1.82, 2.24) is 58.1 Å². The van der Waals surface area contributed by atoms with E-state index in [1.807, 2.05) is 0 Å². The molecule has 0 saturated carbocycles. The minimum atomic E-state index is -0.511. The van der Waals surface area contributed by atoms with Gasteiger partial charge in [0.2, 0.25) is 11.9 Å². The summed E-state index contributed by atoms with van der Waals surface area (Å²) in [7, 11) is 0. The third-order valence-electron chi connectivity index (χ3n) is 9.54. The Morgan fingerprint density at radius 2 is 1.12 bits per heavy atom. The Morgan fingerprint density at radius 1 is 0.617 bits per heavy atom. The molecule has 292 valence electrons. The maximum Gasteiger partial charge on any atom is 0.328 e. The Kier molecular flexibility index (Phi) is 9.40. The minimum Gasteiger partial charge on any atom is -0.303 e. The van der Waals surface area contributed by atoms with Crippen LogP contribution in [0.3, 0.4) is 0 Å². The molecule has 0 radical (unpaired) electrons. The second kappa shape index (κ2) is 15.0. The maximum absolute atomic E-state index is 14.2. The van der Waals surface area contributed by atoms with Crippen LogP contribution in [0.4, 0.5) is 8.78 Å². The van der Waals surface area contributed by atoms with Gasteiger partial charge in [-0.3, -0.25) is 18.3 Å². The van der Waals surface area contributed by atoms with Crippen molar-refractivity contribution in [2.75, 3.05) is 0 Å². The molecule has 0 aliphatic rings. The predicted molar refractivity (Wildman–Crippen MR) is 216 cm³/mol. The van der Waals surface area contributed by atoms with Crippen molar-refractivity contribution in [1.29, 1.82) is 10.5 Å². The van der Waals surface area contributed by atoms with Crippen LogP contribution in [0, 0.1) is 34.3 Å². The van der Waals surface area contributed by atoms with Gasteiger partial charge in [0.05, 0.1) is 70.8 Å². The number of fused-ring (bicyclic) bond motifs is 4. The van der Waals surface area contributed by atoms with Crippen molar-refractivity contribution in [2.24, 2.45) is 0 Å². The average Bonchev–Trinajstić information content (AvgIpc) is 4.02. The first kappa shape index (κ1) is 37.5. The average molecular weight is 840 g/mol. The highest BCUT2D eigenvalue weighted by Gasteiger charge is 2.18. The molecule has 0 atom stereocenters. The number of aromatic amines is 2. The smallest absolute Gasteiger partial charge is 0.303 e. The number of rotatable bonds is 6. The number of imidazole rings is 4. The second-order valence-corrected chi connectivity index (χ2v) is 13.9. The van der Waals surface area contributed by atoms with Crippen molar-refractivity contribution in [3.05, 3.63) is 163 Å². The van der Waals surface area contributed by atoms with Crippen LogP contribution in [0.2, 0.25) is 10.0 Å². The quantitative estimate of drug-likeness (QED) is 0.190. The number of benzene rings is 4. The molecule has 0 unspecified atom stereocenters. The fourth-order valence-electron chi connectivity index (χ4n) is 6.56. The SMILES string of the molecule is N#Cc1ccc2c(c1)ncn2-c1ncc2[nH]c(=O)n(Cc3c(F)cccc3Cl)c2n1.N#Cc1ccc2ncn(-c3ncc4[nH]c(=O)n(Cc5c(F)cccc5Cl)c4n3)c2c1. The predicted octanol–water partition coefficient (Wildman–Crippen LogP) is 6.34. The third kappa shape index (κ3) is 6.67. The molecule has 10 rings (SSSR count). The normalized spacial score (nSPS) is 11.2. The molecule has 0 fully saturated rings. The third-order valence-corrected chi connectivity index (χ3v) is 10.2. The van der Waals surface area contributed by atoms with Gasteiger partial charge < -0.3 is 9.97 Å². The van der Waals surface area contributed by atoms with E-state index in [0.29, 0.717) is 55.5 Å². The molecular weight excluding hydrogens is 817 g/mol. The summed E-state index contributed by atoms with van der Waals surface area (Å²) in [5, 5.41) is 18.7. The molecule has 16 nitrogen and oxygen atoms in total. The molecule has 20 heteroatoms. The summed E-state index contributed by atoms with van der Waals surface area (Å²) in [5.74, 6) is -0.482. The summed E-state index contributed by atoms with van der Waals surface area (Å²) in [6.45, 7) is -0.180. The summed E-state index contributed by atoms with van der Waals surface area (Å²) >= 11 is 12.2. The fraction of sp³-hybridized carbons (Fsp3) is 0.0500. The summed E-state index contributed by atoms with van der Waals surface area (Å²) in [5.41, 5.74) is 4.47. The molecule has 6 heterocycles. The van der Waals surface area contributed by atoms with Gasteiger partial charge in [-0.2, -0.15) is 20.5 Å². The topological polar surface area (TPSA) is 210 Å². The number of aromatic nitrogens is 12. The van der Waals surface area contributed by atoms with Crippen LogP contribution in [0.15, 0.2) is 107 Å². The van der Waals surface area contributed by atoms with Crippen LogP contribution < -0.4 is 11.4 Å². The van der Waals surface area contributed by atoms with Gasteiger partial charge in [-0.15, -0.1) is 0 Å². The first-order valence-corrected chi connectivity index (χ1v) is 18.4. The molecule has 0 bridgehead atoms. The van der Waals surface area contributed by atoms with E-state index in [2.05, 4.69) is 52.0 Å². The van der Waals surface area contributed by atoms with Crippen molar-refractivity contribution < 1.29 is 8.78 Å². The summed E-state index contributed by atoms with van der Waals surface area (Å²) in [6, 6.07) is 23.0. The van der Waals surface area contributed by atoms with E-state index in [4.69, 9.17) is 33.7 Å². The lowest BCUT2D eigenvalue weighted by Gasteiger charge is -2.08. The molecule has 0 aliphatic carbocycles. The fourth-order valence-corrected chi connectivity index (χ4v) is 7.01. The Labute approximate surface area is 343 Å². The number of hydrogen-bond acceptors (Lipinski definition) is 10. The van der Waals surface area contributed by atoms with Gasteiger partial charge in [-0.05, 0) is 60.7 Å². The van der Waals surface area contributed by atoms with E-state index >= 15 is 0 Å². The van der Waals surface area contributed by atoms with E-state index in [9.17, 15) is 18.4 Å². The zero-order chi connectivity index (χ0) is 41.7. The van der Waals surface area contributed by atoms with Gasteiger partial charge in [0, 0.05) is 21.2 Å². The molecule has 0 saturated heterocycles. The zero-order valence-electron chi connectivity index (χ0n) is 30.3. The first-order valence-electron chi connectivity index (χ1n) is 17.6. The molecule has 0 amide bonds. The zero-order valence-corrected chi connectivity index (χ0v) is 31.9. The second-order valence-electron chi connectivity index (χ2n) is 13.1. The van der Waals surface area contributed by atoms with Gasteiger partial charge in [0.1, 0.15) is 35.3 Å². The van der Waals surface area contributed by atoms with Crippen LogP contribution in [-0.2, 0) is 13.1 Å².